The number of aromatic nitrogens is 1. The van der Waals surface area contributed by atoms with Crippen LogP contribution in [-0.2, 0) is 0 Å². The van der Waals surface area contributed by atoms with E-state index >= 15 is 0 Å². The lowest BCUT2D eigenvalue weighted by Crippen LogP contribution is -1.86. The Kier molecular flexibility index (Phi) is 3.02. The minimum Gasteiger partial charge on any atom is -0.298 e. The van der Waals surface area contributed by atoms with Crippen molar-refractivity contribution in [1.82, 2.24) is 4.98 Å². The smallest absolute Gasteiger partial charge is 0.150 e. The molecule has 2 rings (SSSR count). The van der Waals surface area contributed by atoms with E-state index in [0.29, 0.717) is 10.6 Å². The summed E-state index contributed by atoms with van der Waals surface area (Å²) >= 11 is 6.11. The molecule has 0 saturated heterocycles. The largest absolute Gasteiger partial charge is 0.298 e. The summed E-state index contributed by atoms with van der Waals surface area (Å²) in [6, 6.07) is 7.25. The monoisotopic (exact) mass is 231 g/mol. The van der Waals surface area contributed by atoms with Gasteiger partial charge in [0.05, 0.1) is 0 Å². The molecule has 1 heterocycles. The molecule has 0 aliphatic heterocycles. The molecule has 0 unspecified atom stereocenters. The van der Waals surface area contributed by atoms with Crippen LogP contribution in [0.5, 0.6) is 0 Å². The third-order valence-corrected chi connectivity index (χ3v) is 2.63. The Hall–Kier alpha value is -1.67. The second kappa shape index (κ2) is 4.45. The van der Waals surface area contributed by atoms with Gasteiger partial charge in [-0.2, -0.15) is 0 Å². The van der Waals surface area contributed by atoms with Crippen LogP contribution in [0.15, 0.2) is 36.7 Å². The van der Waals surface area contributed by atoms with Crippen LogP contribution >= 0.6 is 11.6 Å². The van der Waals surface area contributed by atoms with Crippen molar-refractivity contribution < 1.29 is 4.79 Å². The van der Waals surface area contributed by atoms with Gasteiger partial charge in [-0.1, -0.05) is 23.7 Å². The first kappa shape index (κ1) is 10.8. The van der Waals surface area contributed by atoms with Crippen molar-refractivity contribution >= 4 is 17.9 Å². The first-order valence-electron chi connectivity index (χ1n) is 4.87. The second-order valence-corrected chi connectivity index (χ2v) is 4.02. The third kappa shape index (κ3) is 2.12. The van der Waals surface area contributed by atoms with Gasteiger partial charge in [0.25, 0.3) is 0 Å². The Balaban J connectivity index is 2.52. The Morgan fingerprint density at radius 3 is 2.69 bits per heavy atom. The fourth-order valence-corrected chi connectivity index (χ4v) is 1.84. The van der Waals surface area contributed by atoms with Crippen LogP contribution in [0.2, 0.25) is 5.02 Å². The molecule has 0 fully saturated rings. The summed E-state index contributed by atoms with van der Waals surface area (Å²) in [6.07, 6.45) is 4.33. The molecule has 0 N–H and O–H groups in total. The molecular formula is C13H10ClNO. The summed E-state index contributed by atoms with van der Waals surface area (Å²) in [5.41, 5.74) is 3.51. The Morgan fingerprint density at radius 2 is 2.06 bits per heavy atom. The molecule has 0 bridgehead atoms. The summed E-state index contributed by atoms with van der Waals surface area (Å²) in [5.74, 6) is 0. The van der Waals surface area contributed by atoms with Gasteiger partial charge in [-0.3, -0.25) is 9.78 Å². The summed E-state index contributed by atoms with van der Waals surface area (Å²) in [5, 5.41) is 0.567. The van der Waals surface area contributed by atoms with Crippen molar-refractivity contribution in [3.8, 4) is 11.1 Å². The number of nitrogens with zero attached hydrogens (tertiary/aromatic N) is 1. The van der Waals surface area contributed by atoms with Crippen LogP contribution in [0.3, 0.4) is 0 Å². The van der Waals surface area contributed by atoms with Gasteiger partial charge in [-0.25, -0.2) is 0 Å². The van der Waals surface area contributed by atoms with E-state index in [9.17, 15) is 4.79 Å². The Bertz CT molecular complexity index is 537. The highest BCUT2D eigenvalue weighted by atomic mass is 35.5. The van der Waals surface area contributed by atoms with Gasteiger partial charge in [0, 0.05) is 34.1 Å². The molecule has 1 aromatic heterocycles. The van der Waals surface area contributed by atoms with Crippen LogP contribution < -0.4 is 0 Å². The molecule has 1 aromatic carbocycles. The number of carbonyl (C=O) groups excluding carboxylic acids is 1. The van der Waals surface area contributed by atoms with Crippen molar-refractivity contribution in [3.63, 3.8) is 0 Å². The maximum atomic E-state index is 10.6. The lowest BCUT2D eigenvalue weighted by molar-refractivity contribution is 0.112. The molecule has 0 atom stereocenters. The van der Waals surface area contributed by atoms with Gasteiger partial charge in [0.15, 0.2) is 0 Å². The first-order valence-corrected chi connectivity index (χ1v) is 5.25. The van der Waals surface area contributed by atoms with Crippen molar-refractivity contribution in [2.75, 3.05) is 0 Å². The summed E-state index contributed by atoms with van der Waals surface area (Å²) in [4.78, 5) is 14.7. The predicted molar refractivity (Wildman–Crippen MR) is 64.8 cm³/mol. The van der Waals surface area contributed by atoms with Crippen LogP contribution in [0.4, 0.5) is 0 Å². The van der Waals surface area contributed by atoms with Gasteiger partial charge in [0.2, 0.25) is 0 Å². The molecular weight excluding hydrogens is 222 g/mol. The number of aryl methyl sites for hydroxylation is 1. The highest BCUT2D eigenvalue weighted by molar-refractivity contribution is 6.33. The van der Waals surface area contributed by atoms with Gasteiger partial charge in [-0.15, -0.1) is 0 Å². The zero-order chi connectivity index (χ0) is 11.5. The topological polar surface area (TPSA) is 30.0 Å². The normalized spacial score (nSPS) is 10.1. The summed E-state index contributed by atoms with van der Waals surface area (Å²) in [6.45, 7) is 1.98. The number of benzene rings is 1. The first-order chi connectivity index (χ1) is 7.70. The third-order valence-electron chi connectivity index (χ3n) is 2.32. The molecule has 0 amide bonds. The molecule has 0 saturated carbocycles. The van der Waals surface area contributed by atoms with Crippen molar-refractivity contribution in [2.45, 2.75) is 6.92 Å². The number of halogens is 1. The fourth-order valence-electron chi connectivity index (χ4n) is 1.54. The average molecular weight is 232 g/mol. The van der Waals surface area contributed by atoms with E-state index in [4.69, 9.17) is 11.6 Å². The number of carbonyl (C=O) groups is 1. The molecule has 2 aromatic rings. The van der Waals surface area contributed by atoms with E-state index in [0.717, 1.165) is 23.0 Å². The van der Waals surface area contributed by atoms with Crippen LogP contribution in [0.25, 0.3) is 11.1 Å². The van der Waals surface area contributed by atoms with E-state index in [2.05, 4.69) is 4.98 Å². The zero-order valence-electron chi connectivity index (χ0n) is 8.77. The Labute approximate surface area is 98.9 Å². The van der Waals surface area contributed by atoms with E-state index in [1.54, 1.807) is 24.5 Å². The highest BCUT2D eigenvalue weighted by Crippen LogP contribution is 2.28. The van der Waals surface area contributed by atoms with Gasteiger partial charge in [0.1, 0.15) is 6.29 Å². The summed E-state index contributed by atoms with van der Waals surface area (Å²) < 4.78 is 0. The van der Waals surface area contributed by atoms with Gasteiger partial charge < -0.3 is 0 Å². The molecule has 16 heavy (non-hydrogen) atoms. The van der Waals surface area contributed by atoms with Crippen molar-refractivity contribution in [3.05, 3.63) is 52.8 Å². The van der Waals surface area contributed by atoms with E-state index < -0.39 is 0 Å². The minimum atomic E-state index is 0.567. The van der Waals surface area contributed by atoms with E-state index in [-0.39, 0.29) is 0 Å². The molecule has 80 valence electrons. The second-order valence-electron chi connectivity index (χ2n) is 3.61. The number of pyridine rings is 1. The highest BCUT2D eigenvalue weighted by Gasteiger charge is 2.04. The van der Waals surface area contributed by atoms with Crippen molar-refractivity contribution in [2.24, 2.45) is 0 Å². The number of aldehydes is 1. The molecule has 3 heteroatoms. The zero-order valence-corrected chi connectivity index (χ0v) is 9.53. The van der Waals surface area contributed by atoms with E-state index in [1.165, 1.54) is 0 Å². The molecule has 0 aliphatic carbocycles. The summed E-state index contributed by atoms with van der Waals surface area (Å²) in [7, 11) is 0. The van der Waals surface area contributed by atoms with Crippen LogP contribution in [0.1, 0.15) is 15.9 Å². The lowest BCUT2D eigenvalue weighted by Gasteiger charge is -2.05. The molecule has 0 aliphatic rings. The Morgan fingerprint density at radius 1 is 1.25 bits per heavy atom. The minimum absolute atomic E-state index is 0.567. The SMILES string of the molecule is Cc1cncc(-c2ccc(C=O)cc2Cl)c1. The number of rotatable bonds is 2. The number of hydrogen-bond acceptors (Lipinski definition) is 2. The van der Waals surface area contributed by atoms with Crippen LogP contribution in [0, 0.1) is 6.92 Å². The van der Waals surface area contributed by atoms with Crippen LogP contribution in [-0.4, -0.2) is 11.3 Å². The maximum Gasteiger partial charge on any atom is 0.150 e. The quantitative estimate of drug-likeness (QED) is 0.741. The van der Waals surface area contributed by atoms with Crippen molar-refractivity contribution in [1.29, 1.82) is 0 Å². The number of hydrogen-bond donors (Lipinski definition) is 0. The van der Waals surface area contributed by atoms with E-state index in [1.807, 2.05) is 19.1 Å². The maximum absolute atomic E-state index is 10.6. The average Bonchev–Trinajstić information content (AvgIpc) is 2.28. The standard InChI is InChI=1S/C13H10ClNO/c1-9-4-11(7-15-6-9)12-3-2-10(8-16)5-13(12)14/h2-8H,1H3. The fraction of sp³-hybridized carbons (Fsp3) is 0.0769. The van der Waals surface area contributed by atoms with Gasteiger partial charge in [-0.05, 0) is 24.6 Å². The molecule has 2 nitrogen and oxygen atoms in total. The lowest BCUT2D eigenvalue weighted by atomic mass is 10.0. The van der Waals surface area contributed by atoms with Gasteiger partial charge >= 0.3 is 0 Å². The molecule has 0 spiro atoms. The molecule has 0 radical (unpaired) electrons. The predicted octanol–water partition coefficient (Wildman–Crippen LogP) is 3.52.